The molecular weight excluding hydrogens is 733 g/mol. The van der Waals surface area contributed by atoms with Gasteiger partial charge in [0.05, 0.1) is 42.1 Å². The second-order valence-corrected chi connectivity index (χ2v) is 16.1. The van der Waals surface area contributed by atoms with Crippen molar-refractivity contribution >= 4 is 39.7 Å². The van der Waals surface area contributed by atoms with E-state index in [0.717, 1.165) is 98.4 Å². The van der Waals surface area contributed by atoms with E-state index >= 15 is 0 Å². The molecule has 2 fully saturated rings. The molecule has 58 heavy (non-hydrogen) atoms. The second-order valence-electron chi connectivity index (χ2n) is 16.1. The highest BCUT2D eigenvalue weighted by Gasteiger charge is 2.41. The smallest absolute Gasteiger partial charge is 0.407 e. The summed E-state index contributed by atoms with van der Waals surface area (Å²) in [5, 5.41) is 4.79. The van der Waals surface area contributed by atoms with Crippen LogP contribution in [0.3, 0.4) is 0 Å². The molecule has 2 aromatic heterocycles. The van der Waals surface area contributed by atoms with Crippen molar-refractivity contribution in [2.45, 2.75) is 83.3 Å². The quantitative estimate of drug-likeness (QED) is 0.123. The third-order valence-electron chi connectivity index (χ3n) is 12.2. The number of alkyl carbamates (subject to hydrolysis) is 1. The van der Waals surface area contributed by atoms with Gasteiger partial charge in [0.1, 0.15) is 36.1 Å². The van der Waals surface area contributed by atoms with Crippen LogP contribution in [-0.4, -0.2) is 73.4 Å². The lowest BCUT2D eigenvalue weighted by Crippen LogP contribution is -2.52. The van der Waals surface area contributed by atoms with Crippen LogP contribution in [0.1, 0.15) is 87.4 Å². The monoisotopic (exact) mass is 780 g/mol. The third kappa shape index (κ3) is 6.52. The summed E-state index contributed by atoms with van der Waals surface area (Å²) in [7, 11) is 1.30. The van der Waals surface area contributed by atoms with Crippen LogP contribution in [0.25, 0.3) is 44.2 Å². The average Bonchev–Trinajstić information content (AvgIpc) is 4.07. The Labute approximate surface area is 336 Å². The number of H-pyrrole nitrogens is 2. The molecule has 0 aliphatic carbocycles. The first-order chi connectivity index (χ1) is 28.1. The number of carbonyl (C=O) groups excluding carboxylic acids is 3. The maximum absolute atomic E-state index is 13.8. The van der Waals surface area contributed by atoms with Crippen molar-refractivity contribution in [3.63, 3.8) is 0 Å². The van der Waals surface area contributed by atoms with Gasteiger partial charge in [0, 0.05) is 23.5 Å². The summed E-state index contributed by atoms with van der Waals surface area (Å²) in [6.45, 7) is 6.90. The summed E-state index contributed by atoms with van der Waals surface area (Å²) >= 11 is 0. The number of likely N-dealkylation sites (tertiary alicyclic amines) is 2. The molecule has 13 nitrogen and oxygen atoms in total. The molecule has 2 saturated heterocycles. The fourth-order valence-corrected chi connectivity index (χ4v) is 9.07. The number of ether oxygens (including phenoxy) is 2. The number of aromatic nitrogens is 4. The molecule has 3 aliphatic rings. The van der Waals surface area contributed by atoms with Crippen LogP contribution >= 0.6 is 0 Å². The zero-order valence-electron chi connectivity index (χ0n) is 33.1. The Morgan fingerprint density at radius 3 is 2.55 bits per heavy atom. The van der Waals surface area contributed by atoms with Crippen LogP contribution in [0.4, 0.5) is 4.79 Å². The van der Waals surface area contributed by atoms with Gasteiger partial charge in [-0.1, -0.05) is 62.4 Å². The molecule has 4 aromatic carbocycles. The number of hydrogen-bond acceptors (Lipinski definition) is 8. The molecule has 9 rings (SSSR count). The van der Waals surface area contributed by atoms with E-state index < -0.39 is 18.2 Å². The Hall–Kier alpha value is -6.21. The Bertz CT molecular complexity index is 2550. The van der Waals surface area contributed by atoms with Crippen LogP contribution < -0.4 is 15.8 Å². The van der Waals surface area contributed by atoms with Crippen molar-refractivity contribution < 1.29 is 23.9 Å². The van der Waals surface area contributed by atoms with Crippen molar-refractivity contribution in [1.82, 2.24) is 35.1 Å². The van der Waals surface area contributed by atoms with E-state index in [0.29, 0.717) is 13.2 Å². The number of carbonyl (C=O) groups is 3. The van der Waals surface area contributed by atoms with E-state index in [4.69, 9.17) is 25.2 Å². The minimum Gasteiger partial charge on any atom is -0.488 e. The fourth-order valence-electron chi connectivity index (χ4n) is 9.07. The average molecular weight is 781 g/mol. The number of nitrogens with two attached hydrogens (primary N) is 1. The van der Waals surface area contributed by atoms with Gasteiger partial charge < -0.3 is 40.3 Å². The summed E-state index contributed by atoms with van der Waals surface area (Å²) in [6, 6.07) is 22.4. The molecule has 0 spiro atoms. The minimum atomic E-state index is -0.725. The molecule has 0 saturated carbocycles. The van der Waals surface area contributed by atoms with Crippen molar-refractivity contribution in [2.24, 2.45) is 11.7 Å². The molecule has 5 heterocycles. The Morgan fingerprint density at radius 2 is 1.76 bits per heavy atom. The first-order valence-corrected chi connectivity index (χ1v) is 20.1. The zero-order chi connectivity index (χ0) is 40.2. The predicted molar refractivity (Wildman–Crippen MR) is 220 cm³/mol. The Balaban J connectivity index is 0.963. The number of methoxy groups -OCH3 is 1. The van der Waals surface area contributed by atoms with Gasteiger partial charge in [-0.05, 0) is 90.4 Å². The summed E-state index contributed by atoms with van der Waals surface area (Å²) in [5.74, 6) is 1.93. The van der Waals surface area contributed by atoms with Gasteiger partial charge in [-0.2, -0.15) is 0 Å². The van der Waals surface area contributed by atoms with Crippen molar-refractivity contribution in [2.75, 3.05) is 13.7 Å². The topological polar surface area (TPSA) is 172 Å². The molecule has 3 amide bonds. The number of aromatic amines is 2. The fraction of sp³-hybridized carbons (Fsp3) is 0.356. The van der Waals surface area contributed by atoms with E-state index in [1.54, 1.807) is 0 Å². The number of amides is 3. The molecule has 13 heteroatoms. The number of nitrogens with one attached hydrogen (secondary N) is 3. The Morgan fingerprint density at radius 1 is 0.931 bits per heavy atom. The minimum absolute atomic E-state index is 0.00633. The largest absolute Gasteiger partial charge is 0.488 e. The maximum atomic E-state index is 13.8. The highest BCUT2D eigenvalue weighted by molar-refractivity contribution is 6.07. The van der Waals surface area contributed by atoms with Crippen LogP contribution in [0.5, 0.6) is 5.75 Å². The molecule has 5 N–H and O–H groups in total. The summed E-state index contributed by atoms with van der Waals surface area (Å²) in [4.78, 5) is 60.1. The number of rotatable bonds is 8. The molecule has 5 atom stereocenters. The summed E-state index contributed by atoms with van der Waals surface area (Å²) in [6.07, 6.45) is 4.49. The summed E-state index contributed by atoms with van der Waals surface area (Å²) in [5.41, 5.74) is 14.0. The van der Waals surface area contributed by atoms with Crippen molar-refractivity contribution in [1.29, 1.82) is 0 Å². The molecule has 0 radical (unpaired) electrons. The van der Waals surface area contributed by atoms with Crippen LogP contribution in [0.15, 0.2) is 79.0 Å². The molecule has 6 aromatic rings. The Kier molecular flexibility index (Phi) is 9.63. The van der Waals surface area contributed by atoms with Crippen molar-refractivity contribution in [3.05, 3.63) is 102 Å². The maximum Gasteiger partial charge on any atom is 0.407 e. The lowest BCUT2D eigenvalue weighted by Gasteiger charge is -2.32. The summed E-state index contributed by atoms with van der Waals surface area (Å²) < 4.78 is 11.2. The molecule has 298 valence electrons. The van der Waals surface area contributed by atoms with Crippen LogP contribution in [0.2, 0.25) is 0 Å². The van der Waals surface area contributed by atoms with Gasteiger partial charge in [-0.3, -0.25) is 9.59 Å². The van der Waals surface area contributed by atoms with Gasteiger partial charge in [0.15, 0.2) is 0 Å². The van der Waals surface area contributed by atoms with Gasteiger partial charge in [-0.15, -0.1) is 0 Å². The van der Waals surface area contributed by atoms with E-state index in [2.05, 4.69) is 51.7 Å². The van der Waals surface area contributed by atoms with Gasteiger partial charge in [0.2, 0.25) is 11.8 Å². The number of nitrogens with zero attached hydrogens (tertiary/aromatic N) is 4. The van der Waals surface area contributed by atoms with Gasteiger partial charge in [0.25, 0.3) is 0 Å². The number of hydrogen-bond donors (Lipinski definition) is 4. The van der Waals surface area contributed by atoms with Crippen LogP contribution in [-0.2, 0) is 20.9 Å². The highest BCUT2D eigenvalue weighted by Crippen LogP contribution is 2.44. The first-order valence-electron chi connectivity index (χ1n) is 20.1. The zero-order valence-corrected chi connectivity index (χ0v) is 33.1. The SMILES string of the molecule is COC(=O)N[C@H](C(=O)N1[C@@H](C)CC[C@H]1c1ncc(-c2ccc3c(c2)COc2cc4c(ccc5nc(C6CCCN6C(=O)[C@H](N)c6ccccc6)[nH]c54)cc2-3)[nH]1)C(C)C. The van der Waals surface area contributed by atoms with E-state index in [-0.39, 0.29) is 35.9 Å². The lowest BCUT2D eigenvalue weighted by molar-refractivity contribution is -0.137. The van der Waals surface area contributed by atoms with Gasteiger partial charge >= 0.3 is 6.09 Å². The molecule has 1 unspecified atom stereocenters. The molecule has 3 aliphatic heterocycles. The normalized spacial score (nSPS) is 19.9. The number of benzene rings is 4. The standard InChI is InChI=1S/C45H48N8O5/c1-24(2)39(51-45(56)57-4)44(55)53-25(3)12-17-36(53)41-47-22-34(49-41)28-13-15-30-29(19-28)23-58-37-21-31-27(20-32(30)37)14-16-33-40(31)50-42(48-33)35-11-8-18-52(35)43(54)38(46)26-9-6-5-7-10-26/h5-7,9-10,13-16,19-22,24-25,35-36,38-39H,8,11-12,17-18,23,46H2,1-4H3,(H,47,49)(H,48,50)(H,51,56)/t25-,35?,36-,38+,39-/m0/s1. The number of fused-ring (bicyclic) bond motifs is 6. The van der Waals surface area contributed by atoms with E-state index in [9.17, 15) is 14.4 Å². The van der Waals surface area contributed by atoms with Crippen molar-refractivity contribution in [3.8, 4) is 28.1 Å². The third-order valence-corrected chi connectivity index (χ3v) is 12.2. The van der Waals surface area contributed by atoms with E-state index in [1.165, 1.54) is 7.11 Å². The number of imidazole rings is 2. The van der Waals surface area contributed by atoms with E-state index in [1.807, 2.05) is 73.2 Å². The van der Waals surface area contributed by atoms with Gasteiger partial charge in [-0.25, -0.2) is 14.8 Å². The lowest BCUT2D eigenvalue weighted by atomic mass is 9.92. The first kappa shape index (κ1) is 37.4. The second kappa shape index (κ2) is 14.9. The van der Waals surface area contributed by atoms with Crippen LogP contribution in [0, 0.1) is 5.92 Å². The molecule has 0 bridgehead atoms. The predicted octanol–water partition coefficient (Wildman–Crippen LogP) is 7.46. The highest BCUT2D eigenvalue weighted by atomic mass is 16.5. The molecular formula is C45H48N8O5.